The maximum absolute atomic E-state index is 10.2. The van der Waals surface area contributed by atoms with E-state index in [1.54, 1.807) is 0 Å². The fourth-order valence-corrected chi connectivity index (χ4v) is 1.65. The molecule has 1 saturated carbocycles. The highest BCUT2D eigenvalue weighted by molar-refractivity contribution is 7.84. The first-order valence-electron chi connectivity index (χ1n) is 3.91. The van der Waals surface area contributed by atoms with Crippen LogP contribution in [0.1, 0.15) is 32.1 Å². The van der Waals surface area contributed by atoms with Crippen molar-refractivity contribution in [1.29, 1.82) is 0 Å². The Balaban J connectivity index is 2.36. The van der Waals surface area contributed by atoms with Crippen LogP contribution in [-0.2, 0) is 11.1 Å². The molecule has 0 aromatic heterocycles. The minimum Gasteiger partial charge on any atom is -0.296 e. The summed E-state index contributed by atoms with van der Waals surface area (Å²) in [6.07, 6.45) is 5.93. The molecule has 0 bridgehead atoms. The average Bonchev–Trinajstić information content (AvgIpc) is 2.03. The van der Waals surface area contributed by atoms with Crippen molar-refractivity contribution in [3.05, 3.63) is 0 Å². The van der Waals surface area contributed by atoms with Crippen molar-refractivity contribution in [2.24, 2.45) is 5.92 Å². The van der Waals surface area contributed by atoms with Crippen LogP contribution < -0.4 is 0 Å². The van der Waals surface area contributed by atoms with Gasteiger partial charge in [-0.1, -0.05) is 25.2 Å². The average molecular weight is 172 g/mol. The van der Waals surface area contributed by atoms with Crippen molar-refractivity contribution >= 4 is 11.1 Å². The molecule has 1 N–H and O–H groups in total. The van der Waals surface area contributed by atoms with E-state index in [1.165, 1.54) is 19.3 Å². The fourth-order valence-electron chi connectivity index (χ4n) is 1.38. The monoisotopic (exact) mass is 172 g/mol. The lowest BCUT2D eigenvalue weighted by molar-refractivity contribution is 0.430. The third kappa shape index (κ3) is 3.54. The molecule has 0 radical (unpaired) electrons. The lowest BCUT2D eigenvalue weighted by Crippen LogP contribution is -2.03. The zero-order valence-electron chi connectivity index (χ0n) is 6.38. The third-order valence-corrected chi connectivity index (χ3v) is 2.25. The summed E-state index contributed by atoms with van der Waals surface area (Å²) in [5.74, 6) is 3.20. The van der Waals surface area contributed by atoms with Gasteiger partial charge in [0.15, 0.2) is 0 Å². The molecule has 0 saturated heterocycles. The zero-order chi connectivity index (χ0) is 8.10. The summed E-state index contributed by atoms with van der Waals surface area (Å²) in [7, 11) is 0. The van der Waals surface area contributed by atoms with E-state index in [1.807, 2.05) is 0 Å². The SMILES string of the molecule is O=S(O)C#CC1CCCCC1. The highest BCUT2D eigenvalue weighted by Crippen LogP contribution is 2.22. The summed E-state index contributed by atoms with van der Waals surface area (Å²) >= 11 is -1.93. The molecule has 3 heteroatoms. The summed E-state index contributed by atoms with van der Waals surface area (Å²) in [6.45, 7) is 0. The van der Waals surface area contributed by atoms with Gasteiger partial charge in [-0.15, -0.1) is 0 Å². The first-order chi connectivity index (χ1) is 5.29. The van der Waals surface area contributed by atoms with E-state index in [0.717, 1.165) is 12.8 Å². The van der Waals surface area contributed by atoms with Gasteiger partial charge >= 0.3 is 0 Å². The predicted octanol–water partition coefficient (Wildman–Crippen LogP) is 1.75. The van der Waals surface area contributed by atoms with Gasteiger partial charge < -0.3 is 0 Å². The fraction of sp³-hybridized carbons (Fsp3) is 0.750. The Hall–Kier alpha value is -0.330. The molecule has 1 rings (SSSR count). The highest BCUT2D eigenvalue weighted by atomic mass is 32.2. The van der Waals surface area contributed by atoms with Crippen LogP contribution in [-0.4, -0.2) is 8.76 Å². The van der Waals surface area contributed by atoms with Gasteiger partial charge in [-0.2, -0.15) is 0 Å². The van der Waals surface area contributed by atoms with Gasteiger partial charge in [-0.05, 0) is 12.8 Å². The predicted molar refractivity (Wildman–Crippen MR) is 45.1 cm³/mol. The van der Waals surface area contributed by atoms with E-state index < -0.39 is 11.1 Å². The van der Waals surface area contributed by atoms with Crippen LogP contribution in [0.25, 0.3) is 0 Å². The topological polar surface area (TPSA) is 37.3 Å². The van der Waals surface area contributed by atoms with Gasteiger partial charge in [0.25, 0.3) is 0 Å². The normalized spacial score (nSPS) is 21.9. The second kappa shape index (κ2) is 4.53. The molecule has 1 aliphatic carbocycles. The molecule has 0 aromatic rings. The van der Waals surface area contributed by atoms with E-state index in [4.69, 9.17) is 4.55 Å². The van der Waals surface area contributed by atoms with Crippen LogP contribution >= 0.6 is 0 Å². The van der Waals surface area contributed by atoms with Crippen molar-refractivity contribution in [2.75, 3.05) is 0 Å². The summed E-state index contributed by atoms with van der Waals surface area (Å²) in [5.41, 5.74) is 0. The molecule has 11 heavy (non-hydrogen) atoms. The Kier molecular flexibility index (Phi) is 3.61. The van der Waals surface area contributed by atoms with E-state index in [9.17, 15) is 4.21 Å². The van der Waals surface area contributed by atoms with Crippen LogP contribution in [0.15, 0.2) is 0 Å². The Morgan fingerprint density at radius 1 is 1.27 bits per heavy atom. The molecular formula is C8H12O2S. The van der Waals surface area contributed by atoms with Gasteiger partial charge in [0.1, 0.15) is 0 Å². The Morgan fingerprint density at radius 3 is 2.45 bits per heavy atom. The van der Waals surface area contributed by atoms with Gasteiger partial charge in [0.2, 0.25) is 11.1 Å². The van der Waals surface area contributed by atoms with Crippen LogP contribution in [0.2, 0.25) is 0 Å². The maximum atomic E-state index is 10.2. The van der Waals surface area contributed by atoms with E-state index in [0.29, 0.717) is 5.92 Å². The second-order valence-electron chi connectivity index (χ2n) is 2.83. The molecule has 62 valence electrons. The maximum Gasteiger partial charge on any atom is 0.233 e. The minimum absolute atomic E-state index is 0.375. The molecule has 2 nitrogen and oxygen atoms in total. The summed E-state index contributed by atoms with van der Waals surface area (Å²) in [4.78, 5) is 0. The molecule has 0 aromatic carbocycles. The quantitative estimate of drug-likeness (QED) is 0.446. The summed E-state index contributed by atoms with van der Waals surface area (Å²) < 4.78 is 18.6. The van der Waals surface area contributed by atoms with Gasteiger partial charge in [0.05, 0.1) is 0 Å². The Labute approximate surface area is 69.7 Å². The number of hydrogen-bond donors (Lipinski definition) is 1. The van der Waals surface area contributed by atoms with E-state index >= 15 is 0 Å². The van der Waals surface area contributed by atoms with Gasteiger partial charge in [0, 0.05) is 11.2 Å². The molecular weight excluding hydrogens is 160 g/mol. The minimum atomic E-state index is -1.93. The standard InChI is InChI=1S/C8H12O2S/c9-11(10)7-6-8-4-2-1-3-5-8/h8H,1-5H2,(H,9,10). The van der Waals surface area contributed by atoms with Crippen molar-refractivity contribution < 1.29 is 8.76 Å². The first kappa shape index (κ1) is 8.76. The van der Waals surface area contributed by atoms with Crippen LogP contribution in [0.4, 0.5) is 0 Å². The summed E-state index contributed by atoms with van der Waals surface area (Å²) in [6, 6.07) is 0. The van der Waals surface area contributed by atoms with Crippen LogP contribution in [0.5, 0.6) is 0 Å². The third-order valence-electron chi connectivity index (χ3n) is 1.96. The Morgan fingerprint density at radius 2 is 1.91 bits per heavy atom. The van der Waals surface area contributed by atoms with Crippen LogP contribution in [0.3, 0.4) is 0 Å². The zero-order valence-corrected chi connectivity index (χ0v) is 7.19. The number of rotatable bonds is 0. The molecule has 1 fully saturated rings. The van der Waals surface area contributed by atoms with E-state index in [-0.39, 0.29) is 0 Å². The van der Waals surface area contributed by atoms with Crippen molar-refractivity contribution in [3.8, 4) is 11.2 Å². The van der Waals surface area contributed by atoms with Crippen molar-refractivity contribution in [3.63, 3.8) is 0 Å². The number of hydrogen-bond acceptors (Lipinski definition) is 1. The smallest absolute Gasteiger partial charge is 0.233 e. The lowest BCUT2D eigenvalue weighted by Gasteiger charge is -2.15. The van der Waals surface area contributed by atoms with E-state index in [2.05, 4.69) is 11.2 Å². The largest absolute Gasteiger partial charge is 0.296 e. The molecule has 0 aliphatic heterocycles. The van der Waals surface area contributed by atoms with Crippen LogP contribution in [0, 0.1) is 17.1 Å². The molecule has 1 aliphatic rings. The Bertz CT molecular complexity index is 196. The van der Waals surface area contributed by atoms with Crippen molar-refractivity contribution in [1.82, 2.24) is 0 Å². The van der Waals surface area contributed by atoms with Gasteiger partial charge in [-0.3, -0.25) is 4.55 Å². The molecule has 1 atom stereocenters. The summed E-state index contributed by atoms with van der Waals surface area (Å²) in [5, 5.41) is 2.29. The molecule has 1 unspecified atom stereocenters. The first-order valence-corrected chi connectivity index (χ1v) is 5.02. The van der Waals surface area contributed by atoms with Crippen molar-refractivity contribution in [2.45, 2.75) is 32.1 Å². The molecule has 0 heterocycles. The highest BCUT2D eigenvalue weighted by Gasteiger charge is 2.09. The van der Waals surface area contributed by atoms with Gasteiger partial charge in [-0.25, -0.2) is 4.21 Å². The second-order valence-corrected chi connectivity index (χ2v) is 3.53. The molecule has 0 amide bonds. The lowest BCUT2D eigenvalue weighted by atomic mass is 9.90. The molecule has 0 spiro atoms.